The number of esters is 1. The van der Waals surface area contributed by atoms with Crippen molar-refractivity contribution in [2.45, 2.75) is 90.8 Å². The number of fused-ring (bicyclic) bond motifs is 7. The fourth-order valence-electron chi connectivity index (χ4n) is 11.2. The number of benzene rings is 3. The molecule has 1 amide bonds. The minimum absolute atomic E-state index is 0.0924. The number of rotatable bonds is 12. The molecule has 2 fully saturated rings. The summed E-state index contributed by atoms with van der Waals surface area (Å²) >= 11 is 0. The van der Waals surface area contributed by atoms with Crippen LogP contribution in [0.15, 0.2) is 90.3 Å². The topological polar surface area (TPSA) is 179 Å². The van der Waals surface area contributed by atoms with Gasteiger partial charge in [0.25, 0.3) is 11.5 Å². The lowest BCUT2D eigenvalue weighted by atomic mass is 9.99. The molecule has 5 aliphatic heterocycles. The van der Waals surface area contributed by atoms with Crippen LogP contribution in [-0.4, -0.2) is 111 Å². The second-order valence-corrected chi connectivity index (χ2v) is 19.3. The number of allylic oxidation sites excluding steroid dienone is 1. The number of likely N-dealkylation sites (N-methyl/N-ethyl adjacent to an activating group) is 1. The van der Waals surface area contributed by atoms with E-state index in [1.807, 2.05) is 26.0 Å². The number of piperazine rings is 1. The molecule has 0 spiro atoms. The lowest BCUT2D eigenvalue weighted by Gasteiger charge is -2.42. The van der Waals surface area contributed by atoms with Crippen molar-refractivity contribution in [3.8, 4) is 29.2 Å². The zero-order valence-electron chi connectivity index (χ0n) is 42.0. The number of anilines is 2. The highest BCUT2D eigenvalue weighted by molar-refractivity contribution is 5.97. The van der Waals surface area contributed by atoms with E-state index in [0.29, 0.717) is 67.9 Å². The van der Waals surface area contributed by atoms with E-state index in [-0.39, 0.29) is 60.4 Å². The summed E-state index contributed by atoms with van der Waals surface area (Å²) in [6.07, 6.45) is 3.68. The summed E-state index contributed by atoms with van der Waals surface area (Å²) in [5.74, 6) is 0.256. The average molecular weight is 984 g/mol. The fraction of sp³-hybridized carbons (Fsp3) is 0.386. The third kappa shape index (κ3) is 9.05. The molecule has 3 atom stereocenters. The van der Waals surface area contributed by atoms with Crippen LogP contribution in [0.1, 0.15) is 78.3 Å². The minimum atomic E-state index is -1.54. The van der Waals surface area contributed by atoms with Gasteiger partial charge in [-0.1, -0.05) is 56.8 Å². The van der Waals surface area contributed by atoms with Gasteiger partial charge in [-0.05, 0) is 87.5 Å². The van der Waals surface area contributed by atoms with Crippen molar-refractivity contribution >= 4 is 45.1 Å². The number of nitrogens with zero attached hydrogens (tertiary/aromatic N) is 9. The first-order valence-electron chi connectivity index (χ1n) is 25.4. The fourth-order valence-corrected chi connectivity index (χ4v) is 11.2. The second-order valence-electron chi connectivity index (χ2n) is 19.3. The molecule has 73 heavy (non-hydrogen) atoms. The van der Waals surface area contributed by atoms with E-state index in [1.165, 1.54) is 22.0 Å². The van der Waals surface area contributed by atoms with Crippen molar-refractivity contribution in [1.29, 1.82) is 5.26 Å². The maximum absolute atomic E-state index is 14.3. The number of pyridine rings is 2. The number of amides is 1. The van der Waals surface area contributed by atoms with E-state index in [2.05, 4.69) is 84.3 Å². The number of hydrogen-bond acceptors (Lipinski definition) is 14. The first-order valence-corrected chi connectivity index (χ1v) is 25.4. The second kappa shape index (κ2) is 20.5. The highest BCUT2D eigenvalue weighted by Gasteiger charge is 2.37. The van der Waals surface area contributed by atoms with Crippen molar-refractivity contribution in [1.82, 2.24) is 29.3 Å². The van der Waals surface area contributed by atoms with Gasteiger partial charge in [0.1, 0.15) is 31.4 Å². The van der Waals surface area contributed by atoms with Gasteiger partial charge < -0.3 is 43.5 Å². The molecule has 2 saturated heterocycles. The van der Waals surface area contributed by atoms with Crippen LogP contribution in [0, 0.1) is 18.3 Å². The Kier molecular flexibility index (Phi) is 13.7. The van der Waals surface area contributed by atoms with E-state index in [1.54, 1.807) is 27.7 Å². The van der Waals surface area contributed by atoms with Crippen molar-refractivity contribution in [3.63, 3.8) is 0 Å². The van der Waals surface area contributed by atoms with Crippen LogP contribution in [-0.2, 0) is 46.9 Å². The quantitative estimate of drug-likeness (QED) is 0.0743. The van der Waals surface area contributed by atoms with Gasteiger partial charge >= 0.3 is 12.0 Å². The van der Waals surface area contributed by atoms with Crippen molar-refractivity contribution < 1.29 is 28.9 Å². The smallest absolute Gasteiger partial charge is 0.340 e. The molecule has 0 radical (unpaired) electrons. The Labute approximate surface area is 424 Å². The zero-order valence-corrected chi connectivity index (χ0v) is 42.0. The number of cyclic esters (lactones) is 1. The Morgan fingerprint density at radius 2 is 1.79 bits per heavy atom. The first kappa shape index (κ1) is 49.0. The van der Waals surface area contributed by atoms with Crippen LogP contribution in [0.2, 0.25) is 0 Å². The molecular formula is C57H61N9O7. The molecule has 5 aliphatic rings. The van der Waals surface area contributed by atoms with E-state index in [0.717, 1.165) is 65.9 Å². The number of hydrogen-bond donors (Lipinski definition) is 1. The lowest BCUT2D eigenvalue weighted by molar-refractivity contribution is -0.157. The predicted octanol–water partition coefficient (Wildman–Crippen LogP) is 7.12. The number of likely N-dealkylation sites (tertiary alicyclic amines) is 1. The van der Waals surface area contributed by atoms with Gasteiger partial charge in [0, 0.05) is 76.5 Å². The normalized spacial score (nSPS) is 19.0. The summed E-state index contributed by atoms with van der Waals surface area (Å²) in [6, 6.07) is 22.7. The molecule has 8 heterocycles. The van der Waals surface area contributed by atoms with E-state index in [9.17, 15) is 24.8 Å². The molecular weight excluding hydrogens is 923 g/mol. The Morgan fingerprint density at radius 3 is 2.58 bits per heavy atom. The van der Waals surface area contributed by atoms with Gasteiger partial charge in [-0.3, -0.25) is 9.59 Å². The standard InChI is InChI=1S/C55H55N9O7.C2H6/c1-5-9-38-40-24-35-26-64-46(25-41-42(53(64)67)31-70-54(68)50(41)65)49(35)57-43(40)15-16-47(38)69-29-33(3)52(66)63-23-22-62(27-36(63)17-19-56)51-39-18-21-61(45-14-7-12-34-11-6-10-32(2)48(34)45)28-44(39)58-55(59-51)71-30-37-13-8-20-60(37)4;1-2/h5-7,10-12,14-16,24-25,36-37,50,65H,1,3,8-9,13,17-18,20-23,26-31H2,2,4H3;1-2H3. The third-order valence-electron chi connectivity index (χ3n) is 15.0. The number of ether oxygens (including phenoxy) is 3. The molecule has 0 bridgehead atoms. The van der Waals surface area contributed by atoms with Crippen LogP contribution in [0.5, 0.6) is 11.8 Å². The first-order chi connectivity index (χ1) is 35.5. The summed E-state index contributed by atoms with van der Waals surface area (Å²) in [6.45, 7) is 18.4. The molecule has 376 valence electrons. The summed E-state index contributed by atoms with van der Waals surface area (Å²) in [5.41, 5.74) is 8.15. The summed E-state index contributed by atoms with van der Waals surface area (Å²) in [5, 5.41) is 23.9. The molecule has 16 nitrogen and oxygen atoms in total. The van der Waals surface area contributed by atoms with Gasteiger partial charge in [0.15, 0.2) is 6.10 Å². The SMILES string of the molecule is C=CCc1c(OCC(=C)C(=O)N2CCN(c3nc(OCC4CCCN4C)nc4c3CCN(c3cccc5cccc(C)c35)C4)CC2CC#N)ccc2nc3c(cc12)Cn1c-3cc2c(c1=O)COC(=O)C2O.CC. The van der Waals surface area contributed by atoms with Gasteiger partial charge in [-0.2, -0.15) is 15.2 Å². The minimum Gasteiger partial charge on any atom is -0.488 e. The molecule has 3 aromatic carbocycles. The van der Waals surface area contributed by atoms with Crippen LogP contribution in [0.4, 0.5) is 11.5 Å². The summed E-state index contributed by atoms with van der Waals surface area (Å²) < 4.78 is 19.5. The van der Waals surface area contributed by atoms with Crippen LogP contribution in [0.3, 0.4) is 0 Å². The maximum Gasteiger partial charge on any atom is 0.340 e. The molecule has 16 heteroatoms. The number of aliphatic hydroxyl groups is 1. The largest absolute Gasteiger partial charge is 0.488 e. The Bertz CT molecular complexity index is 3300. The zero-order chi connectivity index (χ0) is 51.1. The number of aliphatic hydroxyl groups excluding tert-OH is 1. The number of carbonyl (C=O) groups excluding carboxylic acids is 2. The predicted molar refractivity (Wildman–Crippen MR) is 280 cm³/mol. The molecule has 0 saturated carbocycles. The van der Waals surface area contributed by atoms with Gasteiger partial charge in [-0.25, -0.2) is 9.78 Å². The van der Waals surface area contributed by atoms with Crippen LogP contribution >= 0.6 is 0 Å². The third-order valence-corrected chi connectivity index (χ3v) is 15.0. The molecule has 6 aromatic rings. The number of aromatic nitrogens is 4. The molecule has 3 aromatic heterocycles. The maximum atomic E-state index is 14.3. The van der Waals surface area contributed by atoms with Crippen LogP contribution in [0.25, 0.3) is 33.1 Å². The molecule has 3 unspecified atom stereocenters. The average Bonchev–Trinajstić information content (AvgIpc) is 4.00. The van der Waals surface area contributed by atoms with E-state index in [4.69, 9.17) is 29.2 Å². The van der Waals surface area contributed by atoms with Crippen LogP contribution < -0.4 is 24.8 Å². The highest BCUT2D eigenvalue weighted by atomic mass is 16.5. The van der Waals surface area contributed by atoms with Gasteiger partial charge in [0.05, 0.1) is 59.8 Å². The molecule has 11 rings (SSSR count). The highest BCUT2D eigenvalue weighted by Crippen LogP contribution is 2.39. The van der Waals surface area contributed by atoms with Crippen molar-refractivity contribution in [2.75, 3.05) is 62.8 Å². The monoisotopic (exact) mass is 983 g/mol. The Hall–Kier alpha value is -7.61. The molecule has 1 N–H and O–H groups in total. The van der Waals surface area contributed by atoms with E-state index < -0.39 is 18.1 Å². The number of nitriles is 1. The lowest BCUT2D eigenvalue weighted by Crippen LogP contribution is -2.56. The van der Waals surface area contributed by atoms with Crippen molar-refractivity contribution in [3.05, 3.63) is 135 Å². The number of carbonyl (C=O) groups is 2. The summed E-state index contributed by atoms with van der Waals surface area (Å²) in [4.78, 5) is 63.8. The van der Waals surface area contributed by atoms with Gasteiger partial charge in [0.2, 0.25) is 0 Å². The molecule has 0 aliphatic carbocycles. The Morgan fingerprint density at radius 1 is 0.973 bits per heavy atom. The summed E-state index contributed by atoms with van der Waals surface area (Å²) in [7, 11) is 2.13. The van der Waals surface area contributed by atoms with Crippen molar-refractivity contribution in [2.24, 2.45) is 0 Å². The Balaban J connectivity index is 0.00000302. The van der Waals surface area contributed by atoms with Gasteiger partial charge in [-0.15, -0.1) is 6.58 Å². The van der Waals surface area contributed by atoms with E-state index >= 15 is 0 Å². The number of aryl methyl sites for hydroxylation is 1.